The zero-order valence-corrected chi connectivity index (χ0v) is 9.43. The molecule has 0 spiro atoms. The van der Waals surface area contributed by atoms with Crippen molar-refractivity contribution in [2.45, 2.75) is 25.9 Å². The summed E-state index contributed by atoms with van der Waals surface area (Å²) in [5.41, 5.74) is 1.25. The van der Waals surface area contributed by atoms with Crippen molar-refractivity contribution in [3.8, 4) is 0 Å². The summed E-state index contributed by atoms with van der Waals surface area (Å²) >= 11 is 0. The fourth-order valence-electron chi connectivity index (χ4n) is 1.54. The summed E-state index contributed by atoms with van der Waals surface area (Å²) in [6, 6.07) is 0. The second-order valence-corrected chi connectivity index (χ2v) is 4.10. The SMILES string of the molecule is COC1(CNCC=C(C)C)CCOC1. The minimum atomic E-state index is -0.0878. The Labute approximate surface area is 86.5 Å². The maximum absolute atomic E-state index is 5.50. The summed E-state index contributed by atoms with van der Waals surface area (Å²) in [6.07, 6.45) is 3.17. The predicted molar refractivity (Wildman–Crippen MR) is 57.5 cm³/mol. The van der Waals surface area contributed by atoms with Gasteiger partial charge in [0.25, 0.3) is 0 Å². The molecule has 0 aromatic rings. The fourth-order valence-corrected chi connectivity index (χ4v) is 1.54. The van der Waals surface area contributed by atoms with E-state index < -0.39 is 0 Å². The van der Waals surface area contributed by atoms with Gasteiger partial charge in [-0.1, -0.05) is 11.6 Å². The van der Waals surface area contributed by atoms with E-state index in [9.17, 15) is 0 Å². The van der Waals surface area contributed by atoms with Gasteiger partial charge in [0.15, 0.2) is 0 Å². The summed E-state index contributed by atoms with van der Waals surface area (Å²) < 4.78 is 10.8. The fraction of sp³-hybridized carbons (Fsp3) is 0.818. The molecule has 0 radical (unpaired) electrons. The Kier molecular flexibility index (Phi) is 4.58. The molecule has 1 aliphatic heterocycles. The van der Waals surface area contributed by atoms with E-state index in [0.29, 0.717) is 6.61 Å². The van der Waals surface area contributed by atoms with Crippen LogP contribution in [0.5, 0.6) is 0 Å². The lowest BCUT2D eigenvalue weighted by Gasteiger charge is -2.25. The van der Waals surface area contributed by atoms with Gasteiger partial charge >= 0.3 is 0 Å². The second kappa shape index (κ2) is 5.49. The summed E-state index contributed by atoms with van der Waals surface area (Å²) in [6.45, 7) is 7.52. The molecule has 0 bridgehead atoms. The highest BCUT2D eigenvalue weighted by atomic mass is 16.5. The first-order valence-electron chi connectivity index (χ1n) is 5.15. The molecule has 3 heteroatoms. The Morgan fingerprint density at radius 1 is 1.57 bits per heavy atom. The third-order valence-electron chi connectivity index (χ3n) is 2.60. The minimum absolute atomic E-state index is 0.0878. The van der Waals surface area contributed by atoms with Gasteiger partial charge in [-0.25, -0.2) is 0 Å². The summed E-state index contributed by atoms with van der Waals surface area (Å²) in [5.74, 6) is 0. The topological polar surface area (TPSA) is 30.5 Å². The molecular formula is C11H21NO2. The van der Waals surface area contributed by atoms with Crippen molar-refractivity contribution < 1.29 is 9.47 Å². The van der Waals surface area contributed by atoms with Crippen LogP contribution in [0.2, 0.25) is 0 Å². The van der Waals surface area contributed by atoms with E-state index >= 15 is 0 Å². The van der Waals surface area contributed by atoms with Crippen molar-refractivity contribution >= 4 is 0 Å². The molecule has 1 N–H and O–H groups in total. The molecule has 82 valence electrons. The third kappa shape index (κ3) is 3.40. The molecule has 1 fully saturated rings. The molecule has 3 nitrogen and oxygen atoms in total. The molecule has 1 rings (SSSR count). The zero-order chi connectivity index (χ0) is 10.4. The van der Waals surface area contributed by atoms with Crippen LogP contribution in [0, 0.1) is 0 Å². The first-order valence-corrected chi connectivity index (χ1v) is 5.15. The maximum atomic E-state index is 5.50. The number of allylic oxidation sites excluding steroid dienone is 1. The van der Waals surface area contributed by atoms with Crippen molar-refractivity contribution in [3.05, 3.63) is 11.6 Å². The van der Waals surface area contributed by atoms with E-state index in [-0.39, 0.29) is 5.60 Å². The van der Waals surface area contributed by atoms with E-state index in [2.05, 4.69) is 25.2 Å². The van der Waals surface area contributed by atoms with Crippen molar-refractivity contribution in [2.75, 3.05) is 33.4 Å². The lowest BCUT2D eigenvalue weighted by atomic mass is 10.0. The van der Waals surface area contributed by atoms with Crippen LogP contribution in [-0.2, 0) is 9.47 Å². The molecule has 0 amide bonds. The van der Waals surface area contributed by atoms with Gasteiger partial charge in [0, 0.05) is 33.2 Å². The van der Waals surface area contributed by atoms with Gasteiger partial charge < -0.3 is 14.8 Å². The Bertz CT molecular complexity index is 191. The van der Waals surface area contributed by atoms with Crippen LogP contribution >= 0.6 is 0 Å². The van der Waals surface area contributed by atoms with Gasteiger partial charge in [-0.2, -0.15) is 0 Å². The molecule has 1 atom stereocenters. The van der Waals surface area contributed by atoms with Crippen LogP contribution in [0.4, 0.5) is 0 Å². The largest absolute Gasteiger partial charge is 0.378 e. The van der Waals surface area contributed by atoms with Gasteiger partial charge in [-0.15, -0.1) is 0 Å². The van der Waals surface area contributed by atoms with Crippen LogP contribution in [0.3, 0.4) is 0 Å². The van der Waals surface area contributed by atoms with Crippen molar-refractivity contribution in [3.63, 3.8) is 0 Å². The summed E-state index contributed by atoms with van der Waals surface area (Å²) in [5, 5.41) is 3.37. The lowest BCUT2D eigenvalue weighted by molar-refractivity contribution is -0.0150. The Morgan fingerprint density at radius 2 is 2.36 bits per heavy atom. The Morgan fingerprint density at radius 3 is 2.86 bits per heavy atom. The molecule has 14 heavy (non-hydrogen) atoms. The number of hydrogen-bond acceptors (Lipinski definition) is 3. The molecule has 1 heterocycles. The number of nitrogens with one attached hydrogen (secondary N) is 1. The number of methoxy groups -OCH3 is 1. The van der Waals surface area contributed by atoms with Gasteiger partial charge in [0.1, 0.15) is 5.60 Å². The average molecular weight is 199 g/mol. The highest BCUT2D eigenvalue weighted by Crippen LogP contribution is 2.21. The first-order chi connectivity index (χ1) is 6.68. The summed E-state index contributed by atoms with van der Waals surface area (Å²) in [7, 11) is 1.76. The molecular weight excluding hydrogens is 178 g/mol. The van der Waals surface area contributed by atoms with Gasteiger partial charge in [-0.3, -0.25) is 0 Å². The van der Waals surface area contributed by atoms with Crippen LogP contribution in [0.25, 0.3) is 0 Å². The van der Waals surface area contributed by atoms with Crippen molar-refractivity contribution in [2.24, 2.45) is 0 Å². The standard InChI is InChI=1S/C11H21NO2/c1-10(2)4-6-12-8-11(13-3)5-7-14-9-11/h4,12H,5-9H2,1-3H3. The smallest absolute Gasteiger partial charge is 0.106 e. The minimum Gasteiger partial charge on any atom is -0.378 e. The van der Waals surface area contributed by atoms with E-state index in [1.807, 2.05) is 0 Å². The number of rotatable bonds is 5. The average Bonchev–Trinajstić information content (AvgIpc) is 2.62. The van der Waals surface area contributed by atoms with Crippen LogP contribution in [0.15, 0.2) is 11.6 Å². The monoisotopic (exact) mass is 199 g/mol. The van der Waals surface area contributed by atoms with Crippen LogP contribution in [0.1, 0.15) is 20.3 Å². The number of ether oxygens (including phenoxy) is 2. The van der Waals surface area contributed by atoms with E-state index in [4.69, 9.17) is 9.47 Å². The van der Waals surface area contributed by atoms with E-state index in [1.54, 1.807) is 7.11 Å². The molecule has 0 aromatic carbocycles. The molecule has 0 aliphatic carbocycles. The van der Waals surface area contributed by atoms with Crippen LogP contribution in [-0.4, -0.2) is 39.0 Å². The normalized spacial score (nSPS) is 26.5. The lowest BCUT2D eigenvalue weighted by Crippen LogP contribution is -2.43. The maximum Gasteiger partial charge on any atom is 0.106 e. The first kappa shape index (κ1) is 11.7. The molecule has 1 unspecified atom stereocenters. The van der Waals surface area contributed by atoms with Crippen LogP contribution < -0.4 is 5.32 Å². The molecule has 0 aromatic heterocycles. The van der Waals surface area contributed by atoms with E-state index in [0.717, 1.165) is 26.1 Å². The Hall–Kier alpha value is -0.380. The predicted octanol–water partition coefficient (Wildman–Crippen LogP) is 1.35. The second-order valence-electron chi connectivity index (χ2n) is 4.10. The molecule has 1 saturated heterocycles. The molecule has 1 aliphatic rings. The van der Waals surface area contributed by atoms with Crippen molar-refractivity contribution in [1.29, 1.82) is 0 Å². The third-order valence-corrected chi connectivity index (χ3v) is 2.60. The quantitative estimate of drug-likeness (QED) is 0.535. The van der Waals surface area contributed by atoms with Gasteiger partial charge in [0.2, 0.25) is 0 Å². The van der Waals surface area contributed by atoms with Crippen molar-refractivity contribution in [1.82, 2.24) is 5.32 Å². The van der Waals surface area contributed by atoms with Gasteiger partial charge in [-0.05, 0) is 13.8 Å². The highest BCUT2D eigenvalue weighted by Gasteiger charge is 2.34. The Balaban J connectivity index is 2.24. The number of hydrogen-bond donors (Lipinski definition) is 1. The van der Waals surface area contributed by atoms with Gasteiger partial charge in [0.05, 0.1) is 6.61 Å². The van der Waals surface area contributed by atoms with E-state index in [1.165, 1.54) is 5.57 Å². The highest BCUT2D eigenvalue weighted by molar-refractivity contribution is 4.95. The summed E-state index contributed by atoms with van der Waals surface area (Å²) in [4.78, 5) is 0. The zero-order valence-electron chi connectivity index (χ0n) is 9.43. The molecule has 0 saturated carbocycles.